The van der Waals surface area contributed by atoms with Gasteiger partial charge in [-0.25, -0.2) is 0 Å². The van der Waals surface area contributed by atoms with Gasteiger partial charge in [-0.05, 0) is 68.3 Å². The van der Waals surface area contributed by atoms with Crippen LogP contribution in [0.15, 0.2) is 11.6 Å². The van der Waals surface area contributed by atoms with E-state index >= 15 is 0 Å². The van der Waals surface area contributed by atoms with E-state index in [0.717, 1.165) is 25.7 Å². The molecular formula is C24H32O5. The minimum atomic E-state index is -0.825. The number of carbonyl (C=O) groups excluding carboxylic acids is 2. The molecule has 5 aliphatic carbocycles. The van der Waals surface area contributed by atoms with Crippen LogP contribution in [0.25, 0.3) is 0 Å². The van der Waals surface area contributed by atoms with E-state index in [-0.39, 0.29) is 40.7 Å². The summed E-state index contributed by atoms with van der Waals surface area (Å²) in [5.74, 6) is 2.07. The van der Waals surface area contributed by atoms with Crippen molar-refractivity contribution in [1.82, 2.24) is 0 Å². The number of rotatable bonds is 3. The van der Waals surface area contributed by atoms with E-state index in [4.69, 9.17) is 9.47 Å². The Morgan fingerprint density at radius 3 is 2.90 bits per heavy atom. The predicted molar refractivity (Wildman–Crippen MR) is 105 cm³/mol. The van der Waals surface area contributed by atoms with Crippen LogP contribution >= 0.6 is 0 Å². The Labute approximate surface area is 172 Å². The van der Waals surface area contributed by atoms with Crippen molar-refractivity contribution in [2.75, 3.05) is 7.11 Å². The lowest BCUT2D eigenvalue weighted by Crippen LogP contribution is -2.60. The quantitative estimate of drug-likeness (QED) is 0.582. The molecule has 0 amide bonds. The van der Waals surface area contributed by atoms with Crippen LogP contribution < -0.4 is 0 Å². The lowest BCUT2D eigenvalue weighted by molar-refractivity contribution is -0.147. The van der Waals surface area contributed by atoms with Crippen LogP contribution in [0.4, 0.5) is 0 Å². The molecule has 1 saturated heterocycles. The third kappa shape index (κ3) is 2.00. The van der Waals surface area contributed by atoms with Crippen LogP contribution in [-0.2, 0) is 19.1 Å². The third-order valence-corrected chi connectivity index (χ3v) is 10.4. The number of hydrogen-bond donors (Lipinski definition) is 1. The minimum absolute atomic E-state index is 0.0258. The molecule has 0 unspecified atom stereocenters. The summed E-state index contributed by atoms with van der Waals surface area (Å²) in [6.07, 6.45) is 8.22. The highest BCUT2D eigenvalue weighted by Crippen LogP contribution is 2.82. The lowest BCUT2D eigenvalue weighted by Gasteiger charge is -2.56. The van der Waals surface area contributed by atoms with Gasteiger partial charge in [-0.2, -0.15) is 0 Å². The third-order valence-electron chi connectivity index (χ3n) is 10.4. The van der Waals surface area contributed by atoms with Crippen LogP contribution in [0.1, 0.15) is 65.2 Å². The topological polar surface area (TPSA) is 76.1 Å². The van der Waals surface area contributed by atoms with Crippen molar-refractivity contribution in [1.29, 1.82) is 0 Å². The van der Waals surface area contributed by atoms with Gasteiger partial charge in [0, 0.05) is 23.7 Å². The van der Waals surface area contributed by atoms with Crippen molar-refractivity contribution < 1.29 is 24.2 Å². The molecular weight excluding hydrogens is 368 g/mol. The molecule has 0 radical (unpaired) electrons. The SMILES string of the molecule is COC(=O)CC[C@]1(O)CC[C@H]2[C@@H]3[C@H]4C[C@H]4C4=CC(=O)CC[C@]4(C)[C@]34O[C@H]4C[C@@]21C. The number of esters is 1. The van der Waals surface area contributed by atoms with Gasteiger partial charge >= 0.3 is 5.97 Å². The molecule has 158 valence electrons. The number of epoxide rings is 1. The Hall–Kier alpha value is -1.20. The van der Waals surface area contributed by atoms with E-state index in [9.17, 15) is 14.7 Å². The van der Waals surface area contributed by atoms with Gasteiger partial charge < -0.3 is 14.6 Å². The lowest BCUT2D eigenvalue weighted by atomic mass is 9.46. The van der Waals surface area contributed by atoms with E-state index < -0.39 is 5.60 Å². The Morgan fingerprint density at radius 2 is 2.14 bits per heavy atom. The Bertz CT molecular complexity index is 848. The van der Waals surface area contributed by atoms with Crippen molar-refractivity contribution in [3.8, 4) is 0 Å². The summed E-state index contributed by atoms with van der Waals surface area (Å²) >= 11 is 0. The first kappa shape index (κ1) is 18.6. The Kier molecular flexibility index (Phi) is 3.42. The van der Waals surface area contributed by atoms with E-state index in [1.807, 2.05) is 6.08 Å². The molecule has 9 atom stereocenters. The monoisotopic (exact) mass is 400 g/mol. The molecule has 1 N–H and O–H groups in total. The fraction of sp³-hybridized carbons (Fsp3) is 0.833. The Balaban J connectivity index is 1.37. The highest BCUT2D eigenvalue weighted by atomic mass is 16.6. The summed E-state index contributed by atoms with van der Waals surface area (Å²) in [6, 6.07) is 0. The second-order valence-corrected chi connectivity index (χ2v) is 11.2. The molecule has 29 heavy (non-hydrogen) atoms. The van der Waals surface area contributed by atoms with Crippen LogP contribution in [0.3, 0.4) is 0 Å². The predicted octanol–water partition coefficient (Wildman–Crippen LogP) is 3.19. The average Bonchev–Trinajstić information content (AvgIpc) is 3.58. The van der Waals surface area contributed by atoms with E-state index in [0.29, 0.717) is 36.5 Å². The molecule has 4 saturated carbocycles. The first-order chi connectivity index (χ1) is 13.7. The maximum Gasteiger partial charge on any atom is 0.305 e. The molecule has 5 nitrogen and oxygen atoms in total. The van der Waals surface area contributed by atoms with Gasteiger partial charge in [0.25, 0.3) is 0 Å². The zero-order valence-electron chi connectivity index (χ0n) is 17.7. The largest absolute Gasteiger partial charge is 0.469 e. The number of aliphatic hydroxyl groups is 1. The van der Waals surface area contributed by atoms with Crippen molar-refractivity contribution in [3.05, 3.63) is 11.6 Å². The number of fused-ring (bicyclic) bond motifs is 6. The molecule has 5 heteroatoms. The zero-order valence-corrected chi connectivity index (χ0v) is 17.7. The molecule has 0 aromatic carbocycles. The highest BCUT2D eigenvalue weighted by Gasteiger charge is 2.84. The summed E-state index contributed by atoms with van der Waals surface area (Å²) in [5.41, 5.74) is 0.177. The van der Waals surface area contributed by atoms with Gasteiger partial charge in [-0.15, -0.1) is 0 Å². The molecule has 6 aliphatic rings. The Morgan fingerprint density at radius 1 is 1.34 bits per heavy atom. The fourth-order valence-electron chi connectivity index (χ4n) is 8.75. The second kappa shape index (κ2) is 5.34. The van der Waals surface area contributed by atoms with Crippen LogP contribution in [0.5, 0.6) is 0 Å². The van der Waals surface area contributed by atoms with Gasteiger partial charge in [-0.1, -0.05) is 19.4 Å². The number of methoxy groups -OCH3 is 1. The van der Waals surface area contributed by atoms with Crippen molar-refractivity contribution in [2.45, 2.75) is 82.5 Å². The van der Waals surface area contributed by atoms with Crippen molar-refractivity contribution in [2.24, 2.45) is 34.5 Å². The van der Waals surface area contributed by atoms with E-state index in [2.05, 4.69) is 13.8 Å². The molecule has 0 aromatic rings. The molecule has 5 fully saturated rings. The zero-order chi connectivity index (χ0) is 20.4. The summed E-state index contributed by atoms with van der Waals surface area (Å²) in [7, 11) is 1.41. The molecule has 1 aliphatic heterocycles. The number of ketones is 1. The fourth-order valence-corrected chi connectivity index (χ4v) is 8.75. The van der Waals surface area contributed by atoms with Crippen LogP contribution in [0, 0.1) is 34.5 Å². The van der Waals surface area contributed by atoms with Gasteiger partial charge in [0.2, 0.25) is 0 Å². The number of carbonyl (C=O) groups is 2. The summed E-state index contributed by atoms with van der Waals surface area (Å²) in [5, 5.41) is 11.7. The molecule has 0 bridgehead atoms. The standard InChI is InChI=1S/C24H32O5/c1-21-7-4-13(25)10-17(21)14-11-15(14)20-16-5-8-23(27,9-6-19(26)28-3)22(16,2)12-18-24(20,21)29-18/h10,14-16,18,20,27H,4-9,11-12H2,1-3H3/t14-,15+,16+,18+,20+,21+,22+,23-,24-/m1/s1. The van der Waals surface area contributed by atoms with E-state index in [1.165, 1.54) is 19.1 Å². The first-order valence-corrected chi connectivity index (χ1v) is 11.4. The van der Waals surface area contributed by atoms with Crippen LogP contribution in [-0.4, -0.2) is 41.3 Å². The number of hydrogen-bond acceptors (Lipinski definition) is 5. The highest BCUT2D eigenvalue weighted by molar-refractivity contribution is 5.92. The average molecular weight is 401 g/mol. The van der Waals surface area contributed by atoms with Gasteiger partial charge in [0.05, 0.1) is 18.8 Å². The van der Waals surface area contributed by atoms with Gasteiger partial charge in [0.1, 0.15) is 5.60 Å². The molecule has 1 heterocycles. The van der Waals surface area contributed by atoms with Gasteiger partial charge in [0.15, 0.2) is 5.78 Å². The minimum Gasteiger partial charge on any atom is -0.469 e. The summed E-state index contributed by atoms with van der Waals surface area (Å²) < 4.78 is 11.5. The van der Waals surface area contributed by atoms with Crippen LogP contribution in [0.2, 0.25) is 0 Å². The smallest absolute Gasteiger partial charge is 0.305 e. The molecule has 0 aromatic heterocycles. The second-order valence-electron chi connectivity index (χ2n) is 11.2. The first-order valence-electron chi connectivity index (χ1n) is 11.4. The van der Waals surface area contributed by atoms with Gasteiger partial charge in [-0.3, -0.25) is 9.59 Å². The molecule has 6 rings (SSSR count). The number of ether oxygens (including phenoxy) is 2. The summed E-state index contributed by atoms with van der Waals surface area (Å²) in [4.78, 5) is 24.0. The normalized spacial score (nSPS) is 56.2. The van der Waals surface area contributed by atoms with E-state index in [1.54, 1.807) is 0 Å². The molecule has 1 spiro atoms. The maximum atomic E-state index is 12.2. The van der Waals surface area contributed by atoms with Crippen molar-refractivity contribution >= 4 is 11.8 Å². The van der Waals surface area contributed by atoms with Crippen molar-refractivity contribution in [3.63, 3.8) is 0 Å². The maximum absolute atomic E-state index is 12.2. The summed E-state index contributed by atoms with van der Waals surface area (Å²) in [6.45, 7) is 4.61.